The Labute approximate surface area is 221 Å². The highest BCUT2D eigenvalue weighted by atomic mass is 19.4. The van der Waals surface area contributed by atoms with Crippen LogP contribution in [0.3, 0.4) is 0 Å². The van der Waals surface area contributed by atoms with Crippen molar-refractivity contribution in [2.75, 3.05) is 7.11 Å². The van der Waals surface area contributed by atoms with Crippen molar-refractivity contribution in [1.82, 2.24) is 39.5 Å². The van der Waals surface area contributed by atoms with Gasteiger partial charge in [0.1, 0.15) is 11.9 Å². The van der Waals surface area contributed by atoms with E-state index in [1.54, 1.807) is 36.3 Å². The number of ether oxygens (including phenoxy) is 1. The molecule has 1 aliphatic rings. The third-order valence-electron chi connectivity index (χ3n) is 6.73. The van der Waals surface area contributed by atoms with Gasteiger partial charge in [0.2, 0.25) is 5.88 Å². The molecule has 0 radical (unpaired) electrons. The molecule has 4 heterocycles. The molecule has 0 saturated heterocycles. The van der Waals surface area contributed by atoms with Crippen molar-refractivity contribution in [1.29, 1.82) is 0 Å². The highest BCUT2D eigenvalue weighted by Crippen LogP contribution is 2.44. The molecule has 1 saturated carbocycles. The van der Waals surface area contributed by atoms with Gasteiger partial charge in [-0.1, -0.05) is 26.0 Å². The summed E-state index contributed by atoms with van der Waals surface area (Å²) in [6.45, 7) is 4.08. The third-order valence-corrected chi connectivity index (χ3v) is 6.73. The fourth-order valence-electron chi connectivity index (χ4n) is 4.58. The maximum atomic E-state index is 13.3. The van der Waals surface area contributed by atoms with Gasteiger partial charge in [0.05, 0.1) is 36.6 Å². The predicted molar refractivity (Wildman–Crippen MR) is 137 cm³/mol. The summed E-state index contributed by atoms with van der Waals surface area (Å²) in [5.41, 5.74) is 3.26. The lowest BCUT2D eigenvalue weighted by Crippen LogP contribution is -2.08. The third kappa shape index (κ3) is 4.70. The van der Waals surface area contributed by atoms with Crippen LogP contribution in [0, 0.1) is 0 Å². The average Bonchev–Trinajstić information content (AvgIpc) is 3.53. The molecule has 5 aromatic rings. The molecule has 0 unspecified atom stereocenters. The maximum Gasteiger partial charge on any atom is 0.435 e. The zero-order valence-electron chi connectivity index (χ0n) is 21.5. The minimum Gasteiger partial charge on any atom is -0.480 e. The Morgan fingerprint density at radius 2 is 1.82 bits per heavy atom. The van der Waals surface area contributed by atoms with Gasteiger partial charge in [0.15, 0.2) is 17.2 Å². The van der Waals surface area contributed by atoms with Crippen LogP contribution in [0.25, 0.3) is 28.1 Å². The Kier molecular flexibility index (Phi) is 6.04. The van der Waals surface area contributed by atoms with Crippen molar-refractivity contribution >= 4 is 11.0 Å². The number of methoxy groups -OCH3 is 1. The molecule has 0 bridgehead atoms. The minimum absolute atomic E-state index is 0.133. The Morgan fingerprint density at radius 3 is 2.49 bits per heavy atom. The number of alkyl halides is 3. The molecular formula is C27H25F3N8O. The van der Waals surface area contributed by atoms with Gasteiger partial charge >= 0.3 is 6.18 Å². The number of nitrogens with zero attached hydrogens (tertiary/aromatic N) is 8. The second-order valence-electron chi connectivity index (χ2n) is 9.88. The van der Waals surface area contributed by atoms with Gasteiger partial charge < -0.3 is 4.74 Å². The van der Waals surface area contributed by atoms with Crippen LogP contribution >= 0.6 is 0 Å². The molecule has 6 rings (SSSR count). The van der Waals surface area contributed by atoms with Crippen LogP contribution in [0.15, 0.2) is 49.1 Å². The number of rotatable bonds is 7. The van der Waals surface area contributed by atoms with Crippen LogP contribution in [0.2, 0.25) is 0 Å². The largest absolute Gasteiger partial charge is 0.480 e. The van der Waals surface area contributed by atoms with E-state index in [0.29, 0.717) is 46.8 Å². The number of fused-ring (bicyclic) bond motifs is 1. The van der Waals surface area contributed by atoms with Crippen LogP contribution in [-0.2, 0) is 12.7 Å². The lowest BCUT2D eigenvalue weighted by atomic mass is 10.1. The lowest BCUT2D eigenvalue weighted by molar-refractivity contribution is -0.141. The van der Waals surface area contributed by atoms with E-state index in [2.05, 4.69) is 25.1 Å². The van der Waals surface area contributed by atoms with Crippen LogP contribution in [0.5, 0.6) is 5.88 Å². The first kappa shape index (κ1) is 25.0. The van der Waals surface area contributed by atoms with Gasteiger partial charge in [-0.2, -0.15) is 23.4 Å². The number of hydrogen-bond donors (Lipinski definition) is 0. The molecular weight excluding hydrogens is 509 g/mol. The molecule has 0 N–H and O–H groups in total. The SMILES string of the molecule is COc1ncnc(C2CC2)c1-c1ncc2cnn(Cc3ccc(-n4nc(C(F)(F)F)cc4C(C)C)cc3)c2n1. The maximum absolute atomic E-state index is 13.3. The van der Waals surface area contributed by atoms with Crippen LogP contribution < -0.4 is 4.74 Å². The molecule has 0 spiro atoms. The van der Waals surface area contributed by atoms with E-state index >= 15 is 0 Å². The Bertz CT molecular complexity index is 1650. The van der Waals surface area contributed by atoms with E-state index in [-0.39, 0.29) is 5.92 Å². The van der Waals surface area contributed by atoms with Crippen molar-refractivity contribution in [3.05, 3.63) is 71.7 Å². The first-order chi connectivity index (χ1) is 18.7. The van der Waals surface area contributed by atoms with Gasteiger partial charge in [-0.25, -0.2) is 29.3 Å². The second kappa shape index (κ2) is 9.44. The molecule has 39 heavy (non-hydrogen) atoms. The smallest absolute Gasteiger partial charge is 0.435 e. The summed E-state index contributed by atoms with van der Waals surface area (Å²) < 4.78 is 48.5. The summed E-state index contributed by atoms with van der Waals surface area (Å²) in [6, 6.07) is 8.32. The van der Waals surface area contributed by atoms with Gasteiger partial charge in [-0.05, 0) is 42.5 Å². The van der Waals surface area contributed by atoms with E-state index in [4.69, 9.17) is 9.72 Å². The molecule has 12 heteroatoms. The van der Waals surface area contributed by atoms with Crippen molar-refractivity contribution in [3.8, 4) is 23.0 Å². The van der Waals surface area contributed by atoms with E-state index < -0.39 is 11.9 Å². The molecule has 9 nitrogen and oxygen atoms in total. The summed E-state index contributed by atoms with van der Waals surface area (Å²) in [6.07, 6.45) is 2.52. The van der Waals surface area contributed by atoms with Crippen molar-refractivity contribution < 1.29 is 17.9 Å². The first-order valence-corrected chi connectivity index (χ1v) is 12.6. The Balaban J connectivity index is 1.32. The topological polar surface area (TPSA) is 96.4 Å². The van der Waals surface area contributed by atoms with Gasteiger partial charge in [0.25, 0.3) is 0 Å². The fourth-order valence-corrected chi connectivity index (χ4v) is 4.58. The number of benzene rings is 1. The lowest BCUT2D eigenvalue weighted by Gasteiger charge is -2.12. The van der Waals surface area contributed by atoms with E-state index in [9.17, 15) is 13.2 Å². The van der Waals surface area contributed by atoms with Crippen molar-refractivity contribution in [2.24, 2.45) is 0 Å². The van der Waals surface area contributed by atoms with Crippen molar-refractivity contribution in [3.63, 3.8) is 0 Å². The molecule has 4 aromatic heterocycles. The van der Waals surface area contributed by atoms with Gasteiger partial charge in [-0.3, -0.25) is 0 Å². The quantitative estimate of drug-likeness (QED) is 0.270. The van der Waals surface area contributed by atoms with E-state index in [0.717, 1.165) is 35.6 Å². The Hall–Kier alpha value is -4.35. The van der Waals surface area contributed by atoms with Crippen LogP contribution in [-0.4, -0.2) is 46.6 Å². The standard InChI is InChI=1S/C27H25F3N8O/c1-15(2)20-10-21(27(28,29)30)36-38(20)19-8-4-16(5-9-19)13-37-25-18(12-34-37)11-31-24(35-25)22-23(17-6-7-17)32-14-33-26(22)39-3/h4-5,8-12,14-15,17H,6-7,13H2,1-3H3. The van der Waals surface area contributed by atoms with E-state index in [1.165, 1.54) is 11.0 Å². The molecule has 0 amide bonds. The van der Waals surface area contributed by atoms with Crippen LogP contribution in [0.4, 0.5) is 13.2 Å². The van der Waals surface area contributed by atoms with Crippen molar-refractivity contribution in [2.45, 2.75) is 51.2 Å². The average molecular weight is 535 g/mol. The van der Waals surface area contributed by atoms with E-state index in [1.807, 2.05) is 26.0 Å². The molecule has 1 aliphatic carbocycles. The number of halogens is 3. The van der Waals surface area contributed by atoms with Gasteiger partial charge in [0, 0.05) is 17.8 Å². The zero-order valence-corrected chi connectivity index (χ0v) is 21.5. The molecule has 0 aliphatic heterocycles. The fraction of sp³-hybridized carbons (Fsp3) is 0.333. The molecule has 0 atom stereocenters. The predicted octanol–water partition coefficient (Wildman–Crippen LogP) is 5.55. The molecule has 200 valence electrons. The first-order valence-electron chi connectivity index (χ1n) is 12.6. The van der Waals surface area contributed by atoms with Crippen LogP contribution in [0.1, 0.15) is 61.2 Å². The highest BCUT2D eigenvalue weighted by molar-refractivity contribution is 5.77. The normalized spacial score (nSPS) is 13.9. The zero-order chi connectivity index (χ0) is 27.3. The summed E-state index contributed by atoms with van der Waals surface area (Å²) in [4.78, 5) is 18.1. The summed E-state index contributed by atoms with van der Waals surface area (Å²) in [5, 5.41) is 9.10. The monoisotopic (exact) mass is 534 g/mol. The summed E-state index contributed by atoms with van der Waals surface area (Å²) >= 11 is 0. The number of hydrogen-bond acceptors (Lipinski definition) is 7. The molecule has 1 aromatic carbocycles. The highest BCUT2D eigenvalue weighted by Gasteiger charge is 2.35. The molecule has 1 fully saturated rings. The minimum atomic E-state index is -4.51. The Morgan fingerprint density at radius 1 is 1.05 bits per heavy atom. The summed E-state index contributed by atoms with van der Waals surface area (Å²) in [5.74, 6) is 1.12. The van der Waals surface area contributed by atoms with Gasteiger partial charge in [-0.15, -0.1) is 0 Å². The second-order valence-corrected chi connectivity index (χ2v) is 9.88. The summed E-state index contributed by atoms with van der Waals surface area (Å²) in [7, 11) is 1.56. The number of aromatic nitrogens is 8.